The Bertz CT molecular complexity index is 536. The quantitative estimate of drug-likeness (QED) is 0.453. The van der Waals surface area contributed by atoms with E-state index >= 15 is 0 Å². The van der Waals surface area contributed by atoms with Crippen LogP contribution < -0.4 is 10.6 Å². The molecule has 0 fully saturated rings. The van der Waals surface area contributed by atoms with E-state index in [1.807, 2.05) is 0 Å². The standard InChI is InChI=1S/C13H18FN3O4/c1-8-6-11(12(17(19)20)7-10(8)14)16-9(2)13(18)15-4-5-21-3/h6-7,9,16H,4-5H2,1-3H3,(H,15,18). The Hall–Kier alpha value is -2.22. The molecule has 0 bridgehead atoms. The van der Waals surface area contributed by atoms with Gasteiger partial charge in [0, 0.05) is 13.7 Å². The molecule has 0 saturated carbocycles. The maximum atomic E-state index is 13.4. The number of carbonyl (C=O) groups is 1. The smallest absolute Gasteiger partial charge is 0.295 e. The number of nitrogens with one attached hydrogen (secondary N) is 2. The number of nitro benzene ring substituents is 1. The summed E-state index contributed by atoms with van der Waals surface area (Å²) in [6.45, 7) is 3.76. The van der Waals surface area contributed by atoms with Crippen molar-refractivity contribution < 1.29 is 18.8 Å². The zero-order chi connectivity index (χ0) is 16.0. The highest BCUT2D eigenvalue weighted by Crippen LogP contribution is 2.28. The number of anilines is 1. The first-order valence-electron chi connectivity index (χ1n) is 6.34. The van der Waals surface area contributed by atoms with Crippen molar-refractivity contribution in [3.63, 3.8) is 0 Å². The lowest BCUT2D eigenvalue weighted by Gasteiger charge is -2.15. The van der Waals surface area contributed by atoms with Crippen molar-refractivity contribution >= 4 is 17.3 Å². The van der Waals surface area contributed by atoms with Crippen LogP contribution in [0.5, 0.6) is 0 Å². The summed E-state index contributed by atoms with van der Waals surface area (Å²) in [7, 11) is 1.51. The molecule has 1 aromatic rings. The summed E-state index contributed by atoms with van der Waals surface area (Å²) >= 11 is 0. The van der Waals surface area contributed by atoms with E-state index in [1.165, 1.54) is 20.1 Å². The average Bonchev–Trinajstić information content (AvgIpc) is 2.42. The molecular formula is C13H18FN3O4. The SMILES string of the molecule is COCCNC(=O)C(C)Nc1cc(C)c(F)cc1[N+](=O)[O-]. The molecule has 1 amide bonds. The minimum absolute atomic E-state index is 0.105. The number of carbonyl (C=O) groups excluding carboxylic acids is 1. The Kier molecular flexibility index (Phi) is 6.04. The first kappa shape index (κ1) is 16.8. The lowest BCUT2D eigenvalue weighted by atomic mass is 10.1. The molecule has 0 saturated heterocycles. The molecule has 1 rings (SSSR count). The summed E-state index contributed by atoms with van der Waals surface area (Å²) in [6.07, 6.45) is 0. The van der Waals surface area contributed by atoms with Crippen LogP contribution in [0.4, 0.5) is 15.8 Å². The van der Waals surface area contributed by atoms with Gasteiger partial charge in [0.1, 0.15) is 17.5 Å². The lowest BCUT2D eigenvalue weighted by molar-refractivity contribution is -0.384. The van der Waals surface area contributed by atoms with Gasteiger partial charge in [-0.05, 0) is 25.5 Å². The number of methoxy groups -OCH3 is 1. The molecule has 21 heavy (non-hydrogen) atoms. The van der Waals surface area contributed by atoms with Gasteiger partial charge >= 0.3 is 0 Å². The molecule has 1 unspecified atom stereocenters. The fourth-order valence-corrected chi connectivity index (χ4v) is 1.67. The second-order valence-electron chi connectivity index (χ2n) is 4.53. The zero-order valence-electron chi connectivity index (χ0n) is 12.1. The van der Waals surface area contributed by atoms with E-state index in [2.05, 4.69) is 10.6 Å². The molecule has 0 aliphatic rings. The van der Waals surface area contributed by atoms with Gasteiger partial charge in [-0.15, -0.1) is 0 Å². The van der Waals surface area contributed by atoms with Crippen molar-refractivity contribution in [2.24, 2.45) is 0 Å². The number of hydrogen-bond acceptors (Lipinski definition) is 5. The molecule has 0 aliphatic heterocycles. The molecule has 1 aromatic carbocycles. The molecule has 2 N–H and O–H groups in total. The highest BCUT2D eigenvalue weighted by atomic mass is 19.1. The lowest BCUT2D eigenvalue weighted by Crippen LogP contribution is -2.39. The van der Waals surface area contributed by atoms with Crippen LogP contribution in [0.15, 0.2) is 12.1 Å². The highest BCUT2D eigenvalue weighted by molar-refractivity contribution is 5.85. The maximum Gasteiger partial charge on any atom is 0.295 e. The minimum Gasteiger partial charge on any atom is -0.383 e. The number of nitrogens with zero attached hydrogens (tertiary/aromatic N) is 1. The van der Waals surface area contributed by atoms with E-state index in [0.717, 1.165) is 6.07 Å². The number of halogens is 1. The molecule has 116 valence electrons. The van der Waals surface area contributed by atoms with Crippen LogP contribution in [0.2, 0.25) is 0 Å². The van der Waals surface area contributed by atoms with Gasteiger partial charge in [0.15, 0.2) is 0 Å². The van der Waals surface area contributed by atoms with Crippen molar-refractivity contribution in [1.82, 2.24) is 5.32 Å². The van der Waals surface area contributed by atoms with Crippen LogP contribution in [0, 0.1) is 22.9 Å². The van der Waals surface area contributed by atoms with Crippen molar-refractivity contribution in [3.05, 3.63) is 33.6 Å². The van der Waals surface area contributed by atoms with Gasteiger partial charge in [-0.1, -0.05) is 0 Å². The Morgan fingerprint density at radius 3 is 2.76 bits per heavy atom. The first-order chi connectivity index (χ1) is 9.86. The summed E-state index contributed by atoms with van der Waals surface area (Å²) in [5, 5.41) is 16.3. The topological polar surface area (TPSA) is 93.5 Å². The van der Waals surface area contributed by atoms with Crippen LogP contribution in [0.25, 0.3) is 0 Å². The van der Waals surface area contributed by atoms with Crippen molar-refractivity contribution in [3.8, 4) is 0 Å². The van der Waals surface area contributed by atoms with Crippen molar-refractivity contribution in [2.45, 2.75) is 19.9 Å². The van der Waals surface area contributed by atoms with Crippen LogP contribution in [-0.4, -0.2) is 37.1 Å². The molecular weight excluding hydrogens is 281 g/mol. The number of aryl methyl sites for hydroxylation is 1. The summed E-state index contributed by atoms with van der Waals surface area (Å²) < 4.78 is 18.2. The van der Waals surface area contributed by atoms with Gasteiger partial charge in [0.25, 0.3) is 5.69 Å². The van der Waals surface area contributed by atoms with Crippen molar-refractivity contribution in [1.29, 1.82) is 0 Å². The van der Waals surface area contributed by atoms with Crippen LogP contribution in [0.3, 0.4) is 0 Å². The third kappa shape index (κ3) is 4.67. The summed E-state index contributed by atoms with van der Waals surface area (Å²) in [5.74, 6) is -0.993. The van der Waals surface area contributed by atoms with Gasteiger partial charge in [0.05, 0.1) is 17.6 Å². The van der Waals surface area contributed by atoms with E-state index in [0.29, 0.717) is 13.2 Å². The van der Waals surface area contributed by atoms with E-state index in [-0.39, 0.29) is 17.2 Å². The number of ether oxygens (including phenoxy) is 1. The Morgan fingerprint density at radius 1 is 1.52 bits per heavy atom. The van der Waals surface area contributed by atoms with E-state index in [1.54, 1.807) is 6.92 Å². The largest absolute Gasteiger partial charge is 0.383 e. The van der Waals surface area contributed by atoms with E-state index < -0.39 is 22.5 Å². The van der Waals surface area contributed by atoms with Gasteiger partial charge in [-0.3, -0.25) is 14.9 Å². The molecule has 0 heterocycles. The number of rotatable bonds is 7. The second-order valence-corrected chi connectivity index (χ2v) is 4.53. The Labute approximate surface area is 121 Å². The maximum absolute atomic E-state index is 13.4. The van der Waals surface area contributed by atoms with Gasteiger partial charge < -0.3 is 15.4 Å². The molecule has 0 aromatic heterocycles. The van der Waals surface area contributed by atoms with E-state index in [4.69, 9.17) is 4.74 Å². The molecule has 0 radical (unpaired) electrons. The van der Waals surface area contributed by atoms with Crippen LogP contribution in [0.1, 0.15) is 12.5 Å². The predicted octanol–water partition coefficient (Wildman–Crippen LogP) is 1.61. The van der Waals surface area contributed by atoms with E-state index in [9.17, 15) is 19.3 Å². The summed E-state index contributed by atoms with van der Waals surface area (Å²) in [6, 6.07) is 1.45. The molecule has 7 nitrogen and oxygen atoms in total. The highest BCUT2D eigenvalue weighted by Gasteiger charge is 2.20. The van der Waals surface area contributed by atoms with Crippen molar-refractivity contribution in [2.75, 3.05) is 25.6 Å². The Morgan fingerprint density at radius 2 is 2.19 bits per heavy atom. The summed E-state index contributed by atoms with van der Waals surface area (Å²) in [5.41, 5.74) is -0.0435. The minimum atomic E-state index is -0.703. The molecule has 1 atom stereocenters. The second kappa shape index (κ2) is 7.53. The van der Waals surface area contributed by atoms with Crippen LogP contribution >= 0.6 is 0 Å². The summed E-state index contributed by atoms with van der Waals surface area (Å²) in [4.78, 5) is 22.0. The number of amides is 1. The molecule has 0 spiro atoms. The monoisotopic (exact) mass is 299 g/mol. The number of hydrogen-bond donors (Lipinski definition) is 2. The molecule has 0 aliphatic carbocycles. The van der Waals surface area contributed by atoms with Gasteiger partial charge in [0.2, 0.25) is 5.91 Å². The number of benzene rings is 1. The molecule has 8 heteroatoms. The average molecular weight is 299 g/mol. The van der Waals surface area contributed by atoms with Crippen LogP contribution in [-0.2, 0) is 9.53 Å². The Balaban J connectivity index is 2.84. The third-order valence-corrected chi connectivity index (χ3v) is 2.84. The fraction of sp³-hybridized carbons (Fsp3) is 0.462. The number of nitro groups is 1. The van der Waals surface area contributed by atoms with Gasteiger partial charge in [-0.2, -0.15) is 0 Å². The van der Waals surface area contributed by atoms with Gasteiger partial charge in [-0.25, -0.2) is 4.39 Å². The fourth-order valence-electron chi connectivity index (χ4n) is 1.67. The first-order valence-corrected chi connectivity index (χ1v) is 6.34. The normalized spacial score (nSPS) is 11.8. The third-order valence-electron chi connectivity index (χ3n) is 2.84. The zero-order valence-corrected chi connectivity index (χ0v) is 12.1. The predicted molar refractivity (Wildman–Crippen MR) is 75.8 cm³/mol.